The molecule has 3 nitrogen and oxygen atoms in total. The van der Waals surface area contributed by atoms with Crippen LogP contribution in [0, 0.1) is 11.7 Å². The van der Waals surface area contributed by atoms with Gasteiger partial charge in [-0.15, -0.1) is 0 Å². The van der Waals surface area contributed by atoms with Gasteiger partial charge in [-0.25, -0.2) is 4.39 Å². The highest BCUT2D eigenvalue weighted by molar-refractivity contribution is 5.81. The van der Waals surface area contributed by atoms with Crippen LogP contribution in [0.4, 0.5) is 4.39 Å². The van der Waals surface area contributed by atoms with Gasteiger partial charge in [0.1, 0.15) is 11.6 Å². The molecule has 0 aromatic heterocycles. The lowest BCUT2D eigenvalue weighted by Gasteiger charge is -2.32. The molecule has 2 rings (SSSR count). The summed E-state index contributed by atoms with van der Waals surface area (Å²) in [5.74, 6) is 0.773. The summed E-state index contributed by atoms with van der Waals surface area (Å²) in [5, 5.41) is 0. The first-order valence-electron chi connectivity index (χ1n) is 6.77. The third-order valence-corrected chi connectivity index (χ3v) is 3.44. The average molecular weight is 265 g/mol. The number of piperidine rings is 1. The van der Waals surface area contributed by atoms with Crippen molar-refractivity contribution < 1.29 is 13.9 Å². The van der Waals surface area contributed by atoms with Crippen molar-refractivity contribution in [1.29, 1.82) is 0 Å². The predicted octanol–water partition coefficient (Wildman–Crippen LogP) is 2.85. The summed E-state index contributed by atoms with van der Waals surface area (Å²) < 4.78 is 18.3. The van der Waals surface area contributed by atoms with E-state index in [4.69, 9.17) is 4.74 Å². The molecule has 1 aliphatic heterocycles. The first-order chi connectivity index (χ1) is 9.06. The number of ether oxygens (including phenoxy) is 1. The normalized spacial score (nSPS) is 21.0. The lowest BCUT2D eigenvalue weighted by molar-refractivity contribution is -0.139. The van der Waals surface area contributed by atoms with Crippen molar-refractivity contribution in [2.75, 3.05) is 13.1 Å². The Balaban J connectivity index is 1.93. The molecule has 1 aromatic rings. The van der Waals surface area contributed by atoms with Crippen LogP contribution >= 0.6 is 0 Å². The minimum atomic E-state index is -0.532. The van der Waals surface area contributed by atoms with E-state index in [9.17, 15) is 9.18 Å². The Labute approximate surface area is 113 Å². The molecule has 0 bridgehead atoms. The summed E-state index contributed by atoms with van der Waals surface area (Å²) in [7, 11) is 0. The SMILES string of the molecule is C[C@H]1CCCN(C(=O)[C@@H](C)Oc2ccc(F)cc2)C1. The number of benzene rings is 1. The van der Waals surface area contributed by atoms with Crippen molar-refractivity contribution in [2.45, 2.75) is 32.8 Å². The van der Waals surface area contributed by atoms with Crippen LogP contribution in [0.25, 0.3) is 0 Å². The van der Waals surface area contributed by atoms with E-state index in [1.807, 2.05) is 4.90 Å². The van der Waals surface area contributed by atoms with Crippen LogP contribution in [-0.2, 0) is 4.79 Å². The van der Waals surface area contributed by atoms with Crippen molar-refractivity contribution >= 4 is 5.91 Å². The van der Waals surface area contributed by atoms with Crippen LogP contribution in [0.1, 0.15) is 26.7 Å². The number of rotatable bonds is 3. The molecular weight excluding hydrogens is 245 g/mol. The fourth-order valence-electron chi connectivity index (χ4n) is 2.41. The first-order valence-corrected chi connectivity index (χ1v) is 6.77. The largest absolute Gasteiger partial charge is 0.481 e. The van der Waals surface area contributed by atoms with Crippen LogP contribution in [0.15, 0.2) is 24.3 Å². The van der Waals surface area contributed by atoms with Gasteiger partial charge < -0.3 is 9.64 Å². The zero-order valence-electron chi connectivity index (χ0n) is 11.4. The van der Waals surface area contributed by atoms with Gasteiger partial charge in [0.05, 0.1) is 0 Å². The minimum absolute atomic E-state index is 0.0101. The van der Waals surface area contributed by atoms with Gasteiger partial charge in [0, 0.05) is 13.1 Å². The van der Waals surface area contributed by atoms with E-state index in [-0.39, 0.29) is 11.7 Å². The third-order valence-electron chi connectivity index (χ3n) is 3.44. The second-order valence-corrected chi connectivity index (χ2v) is 5.25. The minimum Gasteiger partial charge on any atom is -0.481 e. The fourth-order valence-corrected chi connectivity index (χ4v) is 2.41. The third kappa shape index (κ3) is 3.69. The molecule has 104 valence electrons. The zero-order chi connectivity index (χ0) is 13.8. The number of halogens is 1. The van der Waals surface area contributed by atoms with Crippen molar-refractivity contribution in [1.82, 2.24) is 4.90 Å². The lowest BCUT2D eigenvalue weighted by atomic mass is 10.00. The number of hydrogen-bond acceptors (Lipinski definition) is 2. The van der Waals surface area contributed by atoms with E-state index in [0.717, 1.165) is 19.5 Å². The van der Waals surface area contributed by atoms with Gasteiger partial charge >= 0.3 is 0 Å². The van der Waals surface area contributed by atoms with Crippen LogP contribution in [0.5, 0.6) is 5.75 Å². The van der Waals surface area contributed by atoms with Crippen LogP contribution in [0.3, 0.4) is 0 Å². The molecule has 1 heterocycles. The summed E-state index contributed by atoms with van der Waals surface area (Å²) in [6.07, 6.45) is 1.70. The number of amides is 1. The topological polar surface area (TPSA) is 29.5 Å². The Morgan fingerprint density at radius 3 is 2.74 bits per heavy atom. The Morgan fingerprint density at radius 1 is 1.42 bits per heavy atom. The molecule has 4 heteroatoms. The second-order valence-electron chi connectivity index (χ2n) is 5.25. The first kappa shape index (κ1) is 13.8. The second kappa shape index (κ2) is 6.04. The summed E-state index contributed by atoms with van der Waals surface area (Å²) >= 11 is 0. The molecular formula is C15H20FNO2. The molecule has 1 aliphatic rings. The Hall–Kier alpha value is -1.58. The number of hydrogen-bond donors (Lipinski definition) is 0. The molecule has 0 N–H and O–H groups in total. The van der Waals surface area contributed by atoms with Gasteiger partial charge in [0.2, 0.25) is 0 Å². The van der Waals surface area contributed by atoms with E-state index in [2.05, 4.69) is 6.92 Å². The van der Waals surface area contributed by atoms with E-state index < -0.39 is 6.10 Å². The van der Waals surface area contributed by atoms with Crippen molar-refractivity contribution in [3.05, 3.63) is 30.1 Å². The van der Waals surface area contributed by atoms with Crippen molar-refractivity contribution in [3.8, 4) is 5.75 Å². The monoisotopic (exact) mass is 265 g/mol. The Morgan fingerprint density at radius 2 is 2.11 bits per heavy atom. The zero-order valence-corrected chi connectivity index (χ0v) is 11.4. The maximum atomic E-state index is 12.8. The molecule has 2 atom stereocenters. The maximum Gasteiger partial charge on any atom is 0.263 e. The van der Waals surface area contributed by atoms with Gasteiger partial charge in [-0.05, 0) is 49.9 Å². The van der Waals surface area contributed by atoms with Gasteiger partial charge in [-0.3, -0.25) is 4.79 Å². The smallest absolute Gasteiger partial charge is 0.263 e. The standard InChI is InChI=1S/C15H20FNO2/c1-11-4-3-9-17(10-11)15(18)12(2)19-14-7-5-13(16)6-8-14/h5-8,11-12H,3-4,9-10H2,1-2H3/t11-,12+/m0/s1. The highest BCUT2D eigenvalue weighted by Gasteiger charge is 2.25. The van der Waals surface area contributed by atoms with E-state index in [1.165, 1.54) is 30.7 Å². The Bertz CT molecular complexity index is 432. The lowest BCUT2D eigenvalue weighted by Crippen LogP contribution is -2.45. The van der Waals surface area contributed by atoms with Crippen LogP contribution in [-0.4, -0.2) is 30.0 Å². The molecule has 0 spiro atoms. The van der Waals surface area contributed by atoms with E-state index in [0.29, 0.717) is 11.7 Å². The average Bonchev–Trinajstić information content (AvgIpc) is 2.40. The fraction of sp³-hybridized carbons (Fsp3) is 0.533. The van der Waals surface area contributed by atoms with E-state index in [1.54, 1.807) is 6.92 Å². The molecule has 0 unspecified atom stereocenters. The molecule has 1 amide bonds. The molecule has 0 saturated carbocycles. The summed E-state index contributed by atoms with van der Waals surface area (Å²) in [4.78, 5) is 14.1. The molecule has 1 aromatic carbocycles. The summed E-state index contributed by atoms with van der Waals surface area (Å²) in [6, 6.07) is 5.74. The van der Waals surface area contributed by atoms with Crippen molar-refractivity contribution in [3.63, 3.8) is 0 Å². The molecule has 1 saturated heterocycles. The van der Waals surface area contributed by atoms with Crippen LogP contribution < -0.4 is 4.74 Å². The molecule has 0 aliphatic carbocycles. The molecule has 0 radical (unpaired) electrons. The number of carbonyl (C=O) groups is 1. The quantitative estimate of drug-likeness (QED) is 0.841. The summed E-state index contributed by atoms with van der Waals surface area (Å²) in [6.45, 7) is 5.51. The predicted molar refractivity (Wildman–Crippen MR) is 71.5 cm³/mol. The van der Waals surface area contributed by atoms with Gasteiger partial charge in [0.15, 0.2) is 6.10 Å². The highest BCUT2D eigenvalue weighted by Crippen LogP contribution is 2.18. The van der Waals surface area contributed by atoms with Gasteiger partial charge in [-0.2, -0.15) is 0 Å². The Kier molecular flexibility index (Phi) is 4.40. The summed E-state index contributed by atoms with van der Waals surface area (Å²) in [5.41, 5.74) is 0. The van der Waals surface area contributed by atoms with Crippen LogP contribution in [0.2, 0.25) is 0 Å². The molecule has 19 heavy (non-hydrogen) atoms. The highest BCUT2D eigenvalue weighted by atomic mass is 19.1. The van der Waals surface area contributed by atoms with Crippen molar-refractivity contribution in [2.24, 2.45) is 5.92 Å². The van der Waals surface area contributed by atoms with Gasteiger partial charge in [0.25, 0.3) is 5.91 Å². The number of carbonyl (C=O) groups excluding carboxylic acids is 1. The number of nitrogens with zero attached hydrogens (tertiary/aromatic N) is 1. The van der Waals surface area contributed by atoms with E-state index >= 15 is 0 Å². The van der Waals surface area contributed by atoms with Gasteiger partial charge in [-0.1, -0.05) is 6.92 Å². The maximum absolute atomic E-state index is 12.8. The number of likely N-dealkylation sites (tertiary alicyclic amines) is 1. The molecule has 1 fully saturated rings.